The highest BCUT2D eigenvalue weighted by Gasteiger charge is 2.35. The Hall–Kier alpha value is -3.20. The smallest absolute Gasteiger partial charge is 0.293 e. The molecule has 172 valence electrons. The van der Waals surface area contributed by atoms with Crippen molar-refractivity contribution in [2.24, 2.45) is 10.2 Å². The number of aryl methyl sites for hydroxylation is 1. The molecule has 1 N–H and O–H groups in total. The van der Waals surface area contributed by atoms with Gasteiger partial charge in [0.2, 0.25) is 0 Å². The average Bonchev–Trinajstić information content (AvgIpc) is 3.05. The van der Waals surface area contributed by atoms with E-state index in [4.69, 9.17) is 23.2 Å². The second-order valence-electron chi connectivity index (χ2n) is 7.38. The van der Waals surface area contributed by atoms with Crippen molar-refractivity contribution in [3.05, 3.63) is 92.1 Å². The monoisotopic (exact) mass is 515 g/mol. The molecular formula is C24H16Cl2FN3O3S. The third kappa shape index (κ3) is 5.30. The van der Waals surface area contributed by atoms with Crippen LogP contribution in [-0.2, 0) is 11.3 Å². The van der Waals surface area contributed by atoms with E-state index >= 15 is 0 Å². The van der Waals surface area contributed by atoms with Crippen molar-refractivity contribution in [1.82, 2.24) is 4.90 Å². The first-order chi connectivity index (χ1) is 16.2. The van der Waals surface area contributed by atoms with E-state index in [1.165, 1.54) is 24.3 Å². The highest BCUT2D eigenvalue weighted by atomic mass is 35.5. The van der Waals surface area contributed by atoms with E-state index in [1.54, 1.807) is 24.3 Å². The zero-order chi connectivity index (χ0) is 24.4. The van der Waals surface area contributed by atoms with E-state index in [2.05, 4.69) is 10.2 Å². The Morgan fingerprint density at radius 2 is 1.71 bits per heavy atom. The van der Waals surface area contributed by atoms with Crippen LogP contribution in [0, 0.1) is 12.7 Å². The number of carbonyl (C=O) groups excluding carboxylic acids is 2. The lowest BCUT2D eigenvalue weighted by atomic mass is 10.1. The lowest BCUT2D eigenvalue weighted by molar-refractivity contribution is -0.123. The van der Waals surface area contributed by atoms with Crippen molar-refractivity contribution in [1.29, 1.82) is 0 Å². The number of benzene rings is 3. The number of rotatable bonds is 5. The first-order valence-corrected chi connectivity index (χ1v) is 11.5. The lowest BCUT2D eigenvalue weighted by Crippen LogP contribution is -2.27. The standard InChI is InChI=1S/C24H16Cl2FN3O3S/c1-13-2-5-18(11-19(13)25)29-28-17-6-7-21(31)15(8-17)9-22-23(32)30(24(33)34-22)12-14-3-4-16(27)10-20(14)26/h2-11,31H,12H2,1H3/b22-9-,29-28?. The lowest BCUT2D eigenvalue weighted by Gasteiger charge is -2.13. The summed E-state index contributed by atoms with van der Waals surface area (Å²) in [6.45, 7) is 1.78. The van der Waals surface area contributed by atoms with Gasteiger partial charge in [-0.15, -0.1) is 0 Å². The van der Waals surface area contributed by atoms with Crippen LogP contribution in [0.25, 0.3) is 6.08 Å². The number of hydrogen-bond acceptors (Lipinski definition) is 6. The number of azo groups is 1. The van der Waals surface area contributed by atoms with Gasteiger partial charge in [-0.25, -0.2) is 4.39 Å². The number of amides is 2. The van der Waals surface area contributed by atoms with Gasteiger partial charge in [0, 0.05) is 15.6 Å². The normalized spacial score (nSPS) is 15.2. The van der Waals surface area contributed by atoms with E-state index < -0.39 is 17.0 Å². The van der Waals surface area contributed by atoms with Crippen molar-refractivity contribution >= 4 is 63.6 Å². The first-order valence-electron chi connectivity index (χ1n) is 9.91. The summed E-state index contributed by atoms with van der Waals surface area (Å²) in [7, 11) is 0. The van der Waals surface area contributed by atoms with Gasteiger partial charge in [-0.1, -0.05) is 35.3 Å². The molecule has 1 aliphatic rings. The van der Waals surface area contributed by atoms with E-state index in [9.17, 15) is 19.1 Å². The topological polar surface area (TPSA) is 82.3 Å². The van der Waals surface area contributed by atoms with Crippen molar-refractivity contribution in [3.8, 4) is 5.75 Å². The summed E-state index contributed by atoms with van der Waals surface area (Å²) in [5.41, 5.74) is 2.64. The molecule has 3 aromatic rings. The molecule has 34 heavy (non-hydrogen) atoms. The summed E-state index contributed by atoms with van der Waals surface area (Å²) < 4.78 is 13.3. The Morgan fingerprint density at radius 3 is 2.41 bits per heavy atom. The maximum absolute atomic E-state index is 13.3. The third-order valence-electron chi connectivity index (χ3n) is 4.95. The summed E-state index contributed by atoms with van der Waals surface area (Å²) in [6.07, 6.45) is 1.41. The molecule has 0 aliphatic carbocycles. The second-order valence-corrected chi connectivity index (χ2v) is 9.19. The van der Waals surface area contributed by atoms with Crippen LogP contribution in [0.2, 0.25) is 10.0 Å². The number of halogens is 3. The van der Waals surface area contributed by atoms with E-state index in [1.807, 2.05) is 13.0 Å². The quantitative estimate of drug-likeness (QED) is 0.277. The fourth-order valence-corrected chi connectivity index (χ4v) is 4.31. The Kier molecular flexibility index (Phi) is 7.02. The molecular weight excluding hydrogens is 500 g/mol. The minimum absolute atomic E-state index is 0.0919. The molecule has 0 atom stereocenters. The molecule has 6 nitrogen and oxygen atoms in total. The van der Waals surface area contributed by atoms with Crippen LogP contribution in [0.15, 0.2) is 69.7 Å². The van der Waals surface area contributed by atoms with Crippen LogP contribution in [0.3, 0.4) is 0 Å². The zero-order valence-corrected chi connectivity index (χ0v) is 20.0. The number of phenols is 1. The molecule has 4 rings (SSSR count). The Bertz CT molecular complexity index is 1380. The maximum atomic E-state index is 13.3. The van der Waals surface area contributed by atoms with Gasteiger partial charge in [0.05, 0.1) is 22.8 Å². The Labute approximate surface area is 208 Å². The fraction of sp³-hybridized carbons (Fsp3) is 0.0833. The third-order valence-corrected chi connectivity index (χ3v) is 6.62. The number of aromatic hydroxyl groups is 1. The predicted molar refractivity (Wildman–Crippen MR) is 131 cm³/mol. The minimum atomic E-state index is -0.545. The molecule has 1 saturated heterocycles. The number of imide groups is 1. The van der Waals surface area contributed by atoms with Crippen molar-refractivity contribution in [2.45, 2.75) is 13.5 Å². The van der Waals surface area contributed by atoms with E-state index in [0.717, 1.165) is 28.3 Å². The molecule has 0 bridgehead atoms. The number of carbonyl (C=O) groups is 2. The van der Waals surface area contributed by atoms with Gasteiger partial charge < -0.3 is 5.11 Å². The van der Waals surface area contributed by atoms with Crippen molar-refractivity contribution < 1.29 is 19.1 Å². The van der Waals surface area contributed by atoms with Crippen LogP contribution in [0.5, 0.6) is 5.75 Å². The van der Waals surface area contributed by atoms with Crippen LogP contribution in [0.4, 0.5) is 20.6 Å². The van der Waals surface area contributed by atoms with Gasteiger partial charge in [0.1, 0.15) is 11.6 Å². The van der Waals surface area contributed by atoms with Crippen LogP contribution >= 0.6 is 35.0 Å². The van der Waals surface area contributed by atoms with Gasteiger partial charge in [-0.3, -0.25) is 14.5 Å². The van der Waals surface area contributed by atoms with Gasteiger partial charge in [0.15, 0.2) is 0 Å². The first kappa shape index (κ1) is 23.9. The molecule has 0 aromatic heterocycles. The molecule has 0 spiro atoms. The van der Waals surface area contributed by atoms with Gasteiger partial charge in [-0.05, 0) is 78.4 Å². The van der Waals surface area contributed by atoms with E-state index in [-0.39, 0.29) is 22.2 Å². The number of thioether (sulfide) groups is 1. The zero-order valence-electron chi connectivity index (χ0n) is 17.6. The maximum Gasteiger partial charge on any atom is 0.293 e. The molecule has 0 radical (unpaired) electrons. The van der Waals surface area contributed by atoms with Crippen LogP contribution < -0.4 is 0 Å². The van der Waals surface area contributed by atoms with Crippen molar-refractivity contribution in [3.63, 3.8) is 0 Å². The number of hydrogen-bond donors (Lipinski definition) is 1. The molecule has 10 heteroatoms. The summed E-state index contributed by atoms with van der Waals surface area (Å²) in [5, 5.41) is 18.8. The van der Waals surface area contributed by atoms with Gasteiger partial charge in [0.25, 0.3) is 11.1 Å². The summed E-state index contributed by atoms with van der Waals surface area (Å²) in [4.78, 5) is 26.4. The molecule has 2 amide bonds. The summed E-state index contributed by atoms with van der Waals surface area (Å²) in [5.74, 6) is -1.15. The van der Waals surface area contributed by atoms with Gasteiger partial charge >= 0.3 is 0 Å². The molecule has 0 unspecified atom stereocenters. The molecule has 1 heterocycles. The average molecular weight is 516 g/mol. The predicted octanol–water partition coefficient (Wildman–Crippen LogP) is 7.80. The number of nitrogens with zero attached hydrogens (tertiary/aromatic N) is 3. The molecule has 3 aromatic carbocycles. The SMILES string of the molecule is Cc1ccc(N=Nc2ccc(O)c(/C=C3\SC(=O)N(Cc4ccc(F)cc4Cl)C3=O)c2)cc1Cl. The van der Waals surface area contributed by atoms with Crippen LogP contribution in [-0.4, -0.2) is 21.2 Å². The fourth-order valence-electron chi connectivity index (χ4n) is 3.08. The minimum Gasteiger partial charge on any atom is -0.507 e. The molecule has 1 aliphatic heterocycles. The molecule has 1 fully saturated rings. The summed E-state index contributed by atoms with van der Waals surface area (Å²) in [6, 6.07) is 13.6. The van der Waals surface area contributed by atoms with Crippen LogP contribution in [0.1, 0.15) is 16.7 Å². The Morgan fingerprint density at radius 1 is 1.00 bits per heavy atom. The Balaban J connectivity index is 1.56. The molecule has 0 saturated carbocycles. The van der Waals surface area contributed by atoms with Gasteiger partial charge in [-0.2, -0.15) is 10.2 Å². The largest absolute Gasteiger partial charge is 0.507 e. The summed E-state index contributed by atoms with van der Waals surface area (Å²) >= 11 is 12.9. The second kappa shape index (κ2) is 9.97. The number of phenolic OH excluding ortho intramolecular Hbond substituents is 1. The van der Waals surface area contributed by atoms with E-state index in [0.29, 0.717) is 27.5 Å². The highest BCUT2D eigenvalue weighted by molar-refractivity contribution is 8.18. The van der Waals surface area contributed by atoms with Crippen molar-refractivity contribution in [2.75, 3.05) is 0 Å². The highest BCUT2D eigenvalue weighted by Crippen LogP contribution is 2.36.